The van der Waals surface area contributed by atoms with Crippen LogP contribution in [0.4, 0.5) is 0 Å². The van der Waals surface area contributed by atoms with Gasteiger partial charge < -0.3 is 24.4 Å². The SMILES string of the molecule is COCCN(C)C(=O)CC1CN(S(=O)(=O)c2cc3cc(Cl)ccc3[nH]2)CCN1C(=O)c1nc2c(s1)CN(C)CC2.Cl. The summed E-state index contributed by atoms with van der Waals surface area (Å²) in [6.45, 7) is 2.63. The zero-order valence-corrected chi connectivity index (χ0v) is 26.3. The fourth-order valence-electron chi connectivity index (χ4n) is 5.09. The number of carbonyl (C=O) groups excluding carboxylic acids is 2. The number of nitrogens with zero attached hydrogens (tertiary/aromatic N) is 5. The van der Waals surface area contributed by atoms with Gasteiger partial charge >= 0.3 is 0 Å². The van der Waals surface area contributed by atoms with E-state index >= 15 is 0 Å². The minimum Gasteiger partial charge on any atom is -0.383 e. The molecule has 0 aliphatic carbocycles. The molecule has 2 aliphatic heterocycles. The number of hydrogen-bond acceptors (Lipinski definition) is 8. The van der Waals surface area contributed by atoms with Gasteiger partial charge in [0.2, 0.25) is 5.91 Å². The molecule has 1 aromatic carbocycles. The summed E-state index contributed by atoms with van der Waals surface area (Å²) in [5, 5.41) is 1.62. The molecule has 2 amide bonds. The van der Waals surface area contributed by atoms with E-state index in [0.29, 0.717) is 34.1 Å². The molecule has 2 aromatic heterocycles. The number of piperazine rings is 1. The monoisotopic (exact) mass is 644 g/mol. The quantitative estimate of drug-likeness (QED) is 0.400. The normalized spacial score (nSPS) is 18.2. The number of aromatic amines is 1. The van der Waals surface area contributed by atoms with Crippen LogP contribution in [0.5, 0.6) is 0 Å². The Kier molecular flexibility index (Phi) is 10.00. The average Bonchev–Trinajstić information content (AvgIpc) is 3.55. The molecule has 11 nitrogen and oxygen atoms in total. The zero-order valence-electron chi connectivity index (χ0n) is 23.1. The number of likely N-dealkylation sites (N-methyl/N-ethyl adjacent to an activating group) is 2. The van der Waals surface area contributed by atoms with Crippen LogP contribution < -0.4 is 0 Å². The molecule has 5 rings (SSSR count). The number of methoxy groups -OCH3 is 1. The molecule has 0 saturated carbocycles. The van der Waals surface area contributed by atoms with Gasteiger partial charge in [0, 0.05) is 87.1 Å². The molecule has 2 aliphatic rings. The predicted molar refractivity (Wildman–Crippen MR) is 160 cm³/mol. The smallest absolute Gasteiger partial charge is 0.283 e. The molecule has 0 bridgehead atoms. The first-order chi connectivity index (χ1) is 19.1. The molecule has 1 atom stereocenters. The third-order valence-electron chi connectivity index (χ3n) is 7.45. The molecule has 224 valence electrons. The molecule has 1 N–H and O–H groups in total. The van der Waals surface area contributed by atoms with E-state index in [9.17, 15) is 18.0 Å². The number of hydrogen-bond donors (Lipinski definition) is 1. The van der Waals surface area contributed by atoms with Crippen molar-refractivity contribution in [1.82, 2.24) is 29.0 Å². The van der Waals surface area contributed by atoms with Crippen LogP contribution in [0.1, 0.15) is 26.8 Å². The number of rotatable bonds is 8. The first-order valence-corrected chi connectivity index (χ1v) is 15.7. The molecule has 0 spiro atoms. The summed E-state index contributed by atoms with van der Waals surface area (Å²) >= 11 is 7.47. The molecule has 0 radical (unpaired) electrons. The van der Waals surface area contributed by atoms with E-state index in [0.717, 1.165) is 30.1 Å². The Bertz CT molecular complexity index is 1530. The molecule has 1 saturated heterocycles. The lowest BCUT2D eigenvalue weighted by Gasteiger charge is -2.40. The summed E-state index contributed by atoms with van der Waals surface area (Å²) in [4.78, 5) is 40.9. The third kappa shape index (κ3) is 6.71. The summed E-state index contributed by atoms with van der Waals surface area (Å²) in [5.41, 5.74) is 1.60. The topological polar surface area (TPSA) is 119 Å². The average molecular weight is 646 g/mol. The van der Waals surface area contributed by atoms with Crippen molar-refractivity contribution < 1.29 is 22.7 Å². The number of aromatic nitrogens is 2. The van der Waals surface area contributed by atoms with Gasteiger partial charge in [-0.3, -0.25) is 9.59 Å². The molecule has 41 heavy (non-hydrogen) atoms. The fourth-order valence-corrected chi connectivity index (χ4v) is 7.90. The largest absolute Gasteiger partial charge is 0.383 e. The maximum atomic E-state index is 13.7. The number of thiazole rings is 1. The van der Waals surface area contributed by atoms with Gasteiger partial charge in [-0.05, 0) is 31.3 Å². The molecular formula is C26H34Cl2N6O5S2. The molecule has 1 fully saturated rings. The van der Waals surface area contributed by atoms with Crippen LogP contribution >= 0.6 is 35.3 Å². The van der Waals surface area contributed by atoms with Crippen molar-refractivity contribution in [2.75, 3.05) is 60.5 Å². The molecule has 1 unspecified atom stereocenters. The lowest BCUT2D eigenvalue weighted by Crippen LogP contribution is -2.57. The van der Waals surface area contributed by atoms with Gasteiger partial charge in [0.25, 0.3) is 15.9 Å². The lowest BCUT2D eigenvalue weighted by molar-refractivity contribution is -0.131. The van der Waals surface area contributed by atoms with Crippen molar-refractivity contribution in [2.24, 2.45) is 0 Å². The Labute approximate surface area is 254 Å². The van der Waals surface area contributed by atoms with Crippen molar-refractivity contribution >= 4 is 68.1 Å². The molecule has 3 aromatic rings. The van der Waals surface area contributed by atoms with Gasteiger partial charge in [-0.15, -0.1) is 23.7 Å². The number of nitrogens with one attached hydrogen (secondary N) is 1. The van der Waals surface area contributed by atoms with Gasteiger partial charge in [-0.1, -0.05) is 11.6 Å². The Balaban J connectivity index is 0.00000387. The van der Waals surface area contributed by atoms with Crippen LogP contribution in [0.2, 0.25) is 5.02 Å². The van der Waals surface area contributed by atoms with E-state index in [-0.39, 0.29) is 55.3 Å². The summed E-state index contributed by atoms with van der Waals surface area (Å²) in [6, 6.07) is 6.03. The molecular weight excluding hydrogens is 611 g/mol. The number of H-pyrrole nitrogens is 1. The van der Waals surface area contributed by atoms with Gasteiger partial charge in [0.05, 0.1) is 18.3 Å². The number of halogens is 2. The van der Waals surface area contributed by atoms with E-state index in [1.807, 2.05) is 7.05 Å². The van der Waals surface area contributed by atoms with E-state index in [1.54, 1.807) is 48.2 Å². The van der Waals surface area contributed by atoms with Crippen LogP contribution in [0.15, 0.2) is 29.3 Å². The second-order valence-electron chi connectivity index (χ2n) is 10.3. The number of ether oxygens (including phenoxy) is 1. The number of benzene rings is 1. The van der Waals surface area contributed by atoms with Crippen molar-refractivity contribution in [3.05, 3.63) is 44.9 Å². The minimum absolute atomic E-state index is 0. The van der Waals surface area contributed by atoms with E-state index < -0.39 is 16.1 Å². The van der Waals surface area contributed by atoms with Crippen molar-refractivity contribution in [3.63, 3.8) is 0 Å². The second-order valence-corrected chi connectivity index (χ2v) is 13.7. The van der Waals surface area contributed by atoms with Crippen LogP contribution in [0.25, 0.3) is 10.9 Å². The van der Waals surface area contributed by atoms with Crippen molar-refractivity contribution in [1.29, 1.82) is 0 Å². The number of fused-ring (bicyclic) bond motifs is 2. The highest BCUT2D eigenvalue weighted by Crippen LogP contribution is 2.29. The van der Waals surface area contributed by atoms with Crippen molar-refractivity contribution in [2.45, 2.75) is 30.5 Å². The summed E-state index contributed by atoms with van der Waals surface area (Å²) in [5.74, 6) is -0.462. The lowest BCUT2D eigenvalue weighted by atomic mass is 10.1. The maximum absolute atomic E-state index is 13.7. The first kappa shape index (κ1) is 31.7. The summed E-state index contributed by atoms with van der Waals surface area (Å²) in [6.07, 6.45) is 0.762. The van der Waals surface area contributed by atoms with Gasteiger partial charge in [-0.2, -0.15) is 4.31 Å². The summed E-state index contributed by atoms with van der Waals surface area (Å²) < 4.78 is 33.8. The van der Waals surface area contributed by atoms with E-state index in [2.05, 4.69) is 14.9 Å². The predicted octanol–water partition coefficient (Wildman–Crippen LogP) is 2.70. The van der Waals surface area contributed by atoms with E-state index in [4.69, 9.17) is 16.3 Å². The first-order valence-electron chi connectivity index (χ1n) is 13.1. The number of amides is 2. The Morgan fingerprint density at radius 1 is 1.24 bits per heavy atom. The number of sulfonamides is 1. The molecule has 4 heterocycles. The van der Waals surface area contributed by atoms with Gasteiger partial charge in [-0.25, -0.2) is 13.4 Å². The maximum Gasteiger partial charge on any atom is 0.283 e. The van der Waals surface area contributed by atoms with Crippen LogP contribution in [0.3, 0.4) is 0 Å². The Hall–Kier alpha value is -2.26. The zero-order chi connectivity index (χ0) is 28.6. The van der Waals surface area contributed by atoms with E-state index in [1.165, 1.54) is 15.6 Å². The van der Waals surface area contributed by atoms with Crippen LogP contribution in [-0.2, 0) is 32.5 Å². The highest BCUT2D eigenvalue weighted by atomic mass is 35.5. The Morgan fingerprint density at radius 3 is 2.78 bits per heavy atom. The second kappa shape index (κ2) is 12.9. The fraction of sp³-hybridized carbons (Fsp3) is 0.500. The third-order valence-corrected chi connectivity index (χ3v) is 10.5. The standard InChI is InChI=1S/C26H33ClN6O5S2.ClH/c1-30-7-6-21-22(16-30)39-25(29-21)26(35)33-9-8-32(15-19(33)14-24(34)31(2)10-11-38-3)40(36,37)23-13-17-12-18(27)4-5-20(17)28-23;/h4-5,12-13,19,28H,6-11,14-16H2,1-3H3;1H. The molecule has 15 heteroatoms. The number of carbonyl (C=O) groups is 2. The van der Waals surface area contributed by atoms with Crippen molar-refractivity contribution in [3.8, 4) is 0 Å². The van der Waals surface area contributed by atoms with Gasteiger partial charge in [0.1, 0.15) is 5.03 Å². The Morgan fingerprint density at radius 2 is 2.02 bits per heavy atom. The minimum atomic E-state index is -3.93. The van der Waals surface area contributed by atoms with Crippen LogP contribution in [-0.4, -0.2) is 116 Å². The highest BCUT2D eigenvalue weighted by Gasteiger charge is 2.39. The van der Waals surface area contributed by atoms with Crippen LogP contribution in [0, 0.1) is 0 Å². The van der Waals surface area contributed by atoms with Gasteiger partial charge in [0.15, 0.2) is 5.01 Å². The summed E-state index contributed by atoms with van der Waals surface area (Å²) in [7, 11) is 1.34. The highest BCUT2D eigenvalue weighted by molar-refractivity contribution is 7.89.